The minimum Gasteiger partial charge on any atom is -0.337 e. The molecule has 0 aromatic rings. The van der Waals surface area contributed by atoms with Crippen molar-refractivity contribution in [3.8, 4) is 18.4 Å². The Morgan fingerprint density at radius 1 is 1.11 bits per heavy atom. The van der Waals surface area contributed by atoms with E-state index in [9.17, 15) is 19.6 Å². The Hall–Kier alpha value is -2.66. The minimum atomic E-state index is -0.692. The molecule has 3 fully saturated rings. The molecule has 1 heterocycles. The number of rotatable bonds is 1. The summed E-state index contributed by atoms with van der Waals surface area (Å²) in [6.07, 6.45) is 15.6. The van der Waals surface area contributed by atoms with Crippen LogP contribution in [0.3, 0.4) is 0 Å². The van der Waals surface area contributed by atoms with Crippen LogP contribution in [0.2, 0.25) is 0 Å². The van der Waals surface area contributed by atoms with Gasteiger partial charge in [-0.2, -0.15) is 5.26 Å². The van der Waals surface area contributed by atoms with Crippen LogP contribution in [0.5, 0.6) is 0 Å². The molecular weight excluding hydrogens is 448 g/mol. The third-order valence-corrected chi connectivity index (χ3v) is 11.5. The Kier molecular flexibility index (Phi) is 5.17. The number of nitriles is 1. The van der Waals surface area contributed by atoms with Crippen molar-refractivity contribution in [1.29, 1.82) is 5.26 Å². The first-order valence-corrected chi connectivity index (χ1v) is 13.4. The van der Waals surface area contributed by atoms with Crippen molar-refractivity contribution in [2.24, 2.45) is 38.9 Å². The van der Waals surface area contributed by atoms with Crippen molar-refractivity contribution in [2.45, 2.75) is 85.6 Å². The molecule has 0 aromatic carbocycles. The van der Waals surface area contributed by atoms with Crippen molar-refractivity contribution in [3.05, 3.63) is 23.3 Å². The molecule has 190 valence electrons. The highest BCUT2D eigenvalue weighted by Gasteiger charge is 2.70. The molecule has 5 heteroatoms. The predicted octanol–water partition coefficient (Wildman–Crippen LogP) is 5.02. The molecule has 0 unspecified atom stereocenters. The molecule has 4 aliphatic carbocycles. The summed E-state index contributed by atoms with van der Waals surface area (Å²) < 4.78 is 0. The lowest BCUT2D eigenvalue weighted by atomic mass is 9.35. The van der Waals surface area contributed by atoms with Gasteiger partial charge in [0.2, 0.25) is 0 Å². The molecule has 3 saturated carbocycles. The van der Waals surface area contributed by atoms with Crippen LogP contribution in [0.1, 0.15) is 79.6 Å². The molecule has 1 amide bonds. The molecule has 0 aromatic heterocycles. The Bertz CT molecular complexity index is 1230. The average Bonchev–Trinajstić information content (AvgIpc) is 2.81. The second kappa shape index (κ2) is 7.44. The van der Waals surface area contributed by atoms with E-state index in [2.05, 4.69) is 32.8 Å². The van der Waals surface area contributed by atoms with Gasteiger partial charge in [0.25, 0.3) is 5.91 Å². The van der Waals surface area contributed by atoms with Gasteiger partial charge in [0.15, 0.2) is 5.78 Å². The third kappa shape index (κ3) is 2.81. The number of allylic oxidation sites excluding steroid dienone is 1. The van der Waals surface area contributed by atoms with Gasteiger partial charge < -0.3 is 4.90 Å². The zero-order chi connectivity index (χ0) is 26.5. The maximum atomic E-state index is 14.3. The molecule has 36 heavy (non-hydrogen) atoms. The number of hydrogen-bond acceptors (Lipinski definition) is 4. The fourth-order valence-electron chi connectivity index (χ4n) is 9.46. The summed E-state index contributed by atoms with van der Waals surface area (Å²) in [6, 6.07) is 1.92. The van der Waals surface area contributed by atoms with Crippen molar-refractivity contribution in [2.75, 3.05) is 7.05 Å². The highest BCUT2D eigenvalue weighted by Crippen LogP contribution is 2.72. The number of hydrogen-bond donors (Lipinski definition) is 0. The van der Waals surface area contributed by atoms with Crippen LogP contribution in [0.15, 0.2) is 23.3 Å². The number of terminal acetylenes is 1. The average molecular weight is 487 g/mol. The van der Waals surface area contributed by atoms with E-state index in [-0.39, 0.29) is 46.3 Å². The SMILES string of the molecule is C#C[C@@]12CC[C@H]3N(C)C(=O)C(C#N)=C[C@]3(C)C1=CC(=O)[C@@H]1[C@@H]3CC(C)(C)CC[C@]3(C(C)=O)CC[C@]12C. The molecule has 5 aliphatic rings. The summed E-state index contributed by atoms with van der Waals surface area (Å²) in [5, 5.41) is 9.73. The van der Waals surface area contributed by atoms with Gasteiger partial charge in [-0.1, -0.05) is 33.6 Å². The number of Topliss-reactive ketones (excluding diaryl/α,β-unsaturated/α-hetero) is 1. The van der Waals surface area contributed by atoms with Gasteiger partial charge in [0.1, 0.15) is 17.4 Å². The third-order valence-electron chi connectivity index (χ3n) is 11.5. The Balaban J connectivity index is 1.73. The molecule has 0 N–H and O–H groups in total. The molecule has 0 bridgehead atoms. The number of carbonyl (C=O) groups excluding carboxylic acids is 3. The highest BCUT2D eigenvalue weighted by atomic mass is 16.2. The summed E-state index contributed by atoms with van der Waals surface area (Å²) in [7, 11) is 1.75. The Labute approximate surface area is 215 Å². The Morgan fingerprint density at radius 2 is 1.78 bits per heavy atom. The minimum absolute atomic E-state index is 0.0284. The topological polar surface area (TPSA) is 78.2 Å². The molecule has 1 aliphatic heterocycles. The molecule has 5 nitrogen and oxygen atoms in total. The van der Waals surface area contributed by atoms with E-state index in [1.807, 2.05) is 6.92 Å². The summed E-state index contributed by atoms with van der Waals surface area (Å²) >= 11 is 0. The van der Waals surface area contributed by atoms with Gasteiger partial charge in [-0.15, -0.1) is 6.42 Å². The fraction of sp³-hybridized carbons (Fsp3) is 0.677. The van der Waals surface area contributed by atoms with Crippen LogP contribution in [0, 0.1) is 62.6 Å². The zero-order valence-electron chi connectivity index (χ0n) is 22.5. The van der Waals surface area contributed by atoms with E-state index >= 15 is 0 Å². The normalized spacial score (nSPS) is 45.0. The van der Waals surface area contributed by atoms with Gasteiger partial charge in [0.05, 0.1) is 5.41 Å². The van der Waals surface area contributed by atoms with E-state index < -0.39 is 21.7 Å². The van der Waals surface area contributed by atoms with Crippen LogP contribution < -0.4 is 0 Å². The number of nitrogens with zero attached hydrogens (tertiary/aromatic N) is 2. The number of amides is 1. The number of carbonyl (C=O) groups is 3. The van der Waals surface area contributed by atoms with Crippen LogP contribution in [-0.2, 0) is 14.4 Å². The quantitative estimate of drug-likeness (QED) is 0.487. The van der Waals surface area contributed by atoms with Crippen molar-refractivity contribution in [3.63, 3.8) is 0 Å². The predicted molar refractivity (Wildman–Crippen MR) is 137 cm³/mol. The first-order chi connectivity index (χ1) is 16.7. The van der Waals surface area contributed by atoms with E-state index in [0.717, 1.165) is 37.7 Å². The maximum absolute atomic E-state index is 14.3. The van der Waals surface area contributed by atoms with E-state index in [4.69, 9.17) is 6.42 Å². The van der Waals surface area contributed by atoms with Gasteiger partial charge in [-0.05, 0) is 86.3 Å². The summed E-state index contributed by atoms with van der Waals surface area (Å²) in [4.78, 5) is 42.0. The van der Waals surface area contributed by atoms with E-state index in [1.165, 1.54) is 0 Å². The molecule has 5 rings (SSSR count). The molecule has 7 atom stereocenters. The van der Waals surface area contributed by atoms with Crippen LogP contribution in [0.4, 0.5) is 0 Å². The van der Waals surface area contributed by atoms with Crippen molar-refractivity contribution >= 4 is 17.5 Å². The second-order valence-corrected chi connectivity index (χ2v) is 13.5. The number of ketones is 2. The standard InChI is InChI=1S/C31H38N2O3/c1-8-31-10-9-24-28(5,16-20(18-32)26(36)33(24)7)23(31)15-22(35)25-21-17-27(3,4)11-13-30(21,19(2)34)14-12-29(25,31)6/h1,15-16,21,24-25H,9-14,17H2,2-7H3/t21-,24+,25-,28+,29+,30+,31+/m0/s1. The summed E-state index contributed by atoms with van der Waals surface area (Å²) in [5.41, 5.74) is -1.25. The lowest BCUT2D eigenvalue weighted by Crippen LogP contribution is -2.67. The van der Waals surface area contributed by atoms with Crippen molar-refractivity contribution < 1.29 is 14.4 Å². The van der Waals surface area contributed by atoms with Gasteiger partial charge >= 0.3 is 0 Å². The lowest BCUT2D eigenvalue weighted by Gasteiger charge is -2.67. The largest absolute Gasteiger partial charge is 0.337 e. The monoisotopic (exact) mass is 486 g/mol. The van der Waals surface area contributed by atoms with Gasteiger partial charge in [-0.3, -0.25) is 14.4 Å². The van der Waals surface area contributed by atoms with E-state index in [1.54, 1.807) is 31.0 Å². The van der Waals surface area contributed by atoms with Crippen molar-refractivity contribution in [1.82, 2.24) is 4.90 Å². The second-order valence-electron chi connectivity index (χ2n) is 13.5. The molecule has 0 radical (unpaired) electrons. The first kappa shape index (κ1) is 25.0. The van der Waals surface area contributed by atoms with Gasteiger partial charge in [-0.25, -0.2) is 0 Å². The lowest BCUT2D eigenvalue weighted by molar-refractivity contribution is -0.170. The van der Waals surface area contributed by atoms with E-state index in [0.29, 0.717) is 12.8 Å². The number of fused-ring (bicyclic) bond motifs is 7. The molecular formula is C31H38N2O3. The van der Waals surface area contributed by atoms with Crippen LogP contribution in [-0.4, -0.2) is 35.5 Å². The molecule has 0 saturated heterocycles. The number of likely N-dealkylation sites (N-methyl/N-ethyl adjacent to an activating group) is 1. The summed E-state index contributed by atoms with van der Waals surface area (Å²) in [6.45, 7) is 10.5. The van der Waals surface area contributed by atoms with Crippen LogP contribution in [0.25, 0.3) is 0 Å². The first-order valence-electron chi connectivity index (χ1n) is 13.4. The smallest absolute Gasteiger partial charge is 0.264 e. The summed E-state index contributed by atoms with van der Waals surface area (Å²) in [5.74, 6) is 2.91. The maximum Gasteiger partial charge on any atom is 0.264 e. The zero-order valence-corrected chi connectivity index (χ0v) is 22.5. The van der Waals surface area contributed by atoms with Crippen LogP contribution >= 0.6 is 0 Å². The van der Waals surface area contributed by atoms with Gasteiger partial charge in [0, 0.05) is 29.8 Å². The highest BCUT2D eigenvalue weighted by molar-refractivity contribution is 6.00. The Morgan fingerprint density at radius 3 is 2.39 bits per heavy atom. The molecule has 0 spiro atoms. The fourth-order valence-corrected chi connectivity index (χ4v) is 9.46.